The Morgan fingerprint density at radius 1 is 1.17 bits per heavy atom. The van der Waals surface area contributed by atoms with Crippen molar-refractivity contribution in [1.82, 2.24) is 35.4 Å². The van der Waals surface area contributed by atoms with E-state index in [2.05, 4.69) is 30.7 Å². The number of hydrogen-bond donors (Lipinski definition) is 2. The number of benzene rings is 2. The van der Waals surface area contributed by atoms with Crippen LogP contribution in [0.3, 0.4) is 0 Å². The number of methoxy groups -OCH3 is 1. The van der Waals surface area contributed by atoms with Crippen LogP contribution in [0, 0.1) is 5.82 Å². The third-order valence-electron chi connectivity index (χ3n) is 4.71. The number of tetrazole rings is 1. The number of rotatable bonds is 4. The fraction of sp³-hybridized carbons (Fsp3) is 0.105. The van der Waals surface area contributed by atoms with Crippen molar-refractivity contribution in [3.05, 3.63) is 69.8 Å². The van der Waals surface area contributed by atoms with Crippen LogP contribution in [-0.4, -0.2) is 42.5 Å². The molecule has 0 aliphatic carbocycles. The summed E-state index contributed by atoms with van der Waals surface area (Å²) in [5.74, 6) is 0.553. The van der Waals surface area contributed by atoms with Gasteiger partial charge in [-0.25, -0.2) is 9.37 Å². The van der Waals surface area contributed by atoms with E-state index in [1.54, 1.807) is 25.3 Å². The fourth-order valence-electron chi connectivity index (χ4n) is 3.34. The minimum atomic E-state index is -0.310. The minimum Gasteiger partial charge on any atom is -0.496 e. The second-order valence-electron chi connectivity index (χ2n) is 6.51. The van der Waals surface area contributed by atoms with Crippen molar-refractivity contribution >= 4 is 21.9 Å². The molecule has 5 aromatic rings. The first-order chi connectivity index (χ1) is 14.1. The van der Waals surface area contributed by atoms with Crippen LogP contribution < -0.4 is 10.3 Å². The van der Waals surface area contributed by atoms with E-state index in [4.69, 9.17) is 4.74 Å². The smallest absolute Gasteiger partial charge is 0.290 e. The van der Waals surface area contributed by atoms with Gasteiger partial charge in [-0.2, -0.15) is 9.90 Å². The number of nitrogens with one attached hydrogen (secondary N) is 2. The van der Waals surface area contributed by atoms with Crippen molar-refractivity contribution in [2.45, 2.75) is 6.42 Å². The molecule has 10 heteroatoms. The van der Waals surface area contributed by atoms with Gasteiger partial charge in [0.2, 0.25) is 0 Å². The molecule has 9 nitrogen and oxygen atoms in total. The molecule has 3 heterocycles. The van der Waals surface area contributed by atoms with Gasteiger partial charge in [-0.3, -0.25) is 9.89 Å². The maximum atomic E-state index is 13.2. The average molecular weight is 391 g/mol. The molecule has 0 bridgehead atoms. The van der Waals surface area contributed by atoms with E-state index in [0.717, 1.165) is 16.5 Å². The molecule has 0 saturated carbocycles. The summed E-state index contributed by atoms with van der Waals surface area (Å²) >= 11 is 0. The summed E-state index contributed by atoms with van der Waals surface area (Å²) in [5, 5.41) is 17.5. The van der Waals surface area contributed by atoms with Gasteiger partial charge in [0.15, 0.2) is 5.65 Å². The van der Waals surface area contributed by atoms with E-state index in [0.29, 0.717) is 28.7 Å². The highest BCUT2D eigenvalue weighted by Gasteiger charge is 2.15. The zero-order valence-electron chi connectivity index (χ0n) is 15.2. The molecule has 2 aromatic carbocycles. The molecule has 0 radical (unpaired) electrons. The summed E-state index contributed by atoms with van der Waals surface area (Å²) in [6, 6.07) is 11.8. The second-order valence-corrected chi connectivity index (χ2v) is 6.51. The summed E-state index contributed by atoms with van der Waals surface area (Å²) in [6.45, 7) is 0. The van der Waals surface area contributed by atoms with Gasteiger partial charge in [0.1, 0.15) is 11.6 Å². The SMILES string of the molecule is COc1cc2nc3c(cc2cc1Cc1ccc(F)cc1)c(=O)[nH]n3-c1nn[nH]n1. The number of halogens is 1. The van der Waals surface area contributed by atoms with Crippen molar-refractivity contribution in [1.29, 1.82) is 0 Å². The quantitative estimate of drug-likeness (QED) is 0.485. The van der Waals surface area contributed by atoms with Crippen molar-refractivity contribution < 1.29 is 9.13 Å². The zero-order chi connectivity index (χ0) is 20.0. The number of aromatic nitrogens is 7. The Hall–Kier alpha value is -4.08. The highest BCUT2D eigenvalue weighted by atomic mass is 19.1. The van der Waals surface area contributed by atoms with Crippen molar-refractivity contribution in [2.24, 2.45) is 0 Å². The monoisotopic (exact) mass is 391 g/mol. The molecular weight excluding hydrogens is 377 g/mol. The lowest BCUT2D eigenvalue weighted by molar-refractivity contribution is 0.411. The summed E-state index contributed by atoms with van der Waals surface area (Å²) in [6.07, 6.45) is 0.553. The number of aromatic amines is 2. The Bertz CT molecular complexity index is 1390. The maximum Gasteiger partial charge on any atom is 0.290 e. The van der Waals surface area contributed by atoms with E-state index < -0.39 is 0 Å². The topological polar surface area (TPSA) is 114 Å². The molecule has 5 rings (SSSR count). The van der Waals surface area contributed by atoms with Crippen molar-refractivity contribution in [2.75, 3.05) is 7.11 Å². The third kappa shape index (κ3) is 2.90. The molecule has 3 aromatic heterocycles. The highest BCUT2D eigenvalue weighted by Crippen LogP contribution is 2.29. The first-order valence-electron chi connectivity index (χ1n) is 8.73. The normalized spacial score (nSPS) is 11.4. The van der Waals surface area contributed by atoms with Gasteiger partial charge in [-0.1, -0.05) is 17.2 Å². The van der Waals surface area contributed by atoms with E-state index >= 15 is 0 Å². The Morgan fingerprint density at radius 3 is 2.72 bits per heavy atom. The Labute approximate surface area is 162 Å². The standard InChI is InChI=1S/C19H14FN7O2/c1-29-16-9-15-11(7-12(16)6-10-2-4-13(20)5-3-10)8-14-17(21-15)27(24-18(14)28)19-22-25-26-23-19/h2-5,7-9H,6H2,1H3,(H,24,28)(H,22,23,25,26). The number of ether oxygens (including phenoxy) is 1. The molecule has 0 atom stereocenters. The van der Waals surface area contributed by atoms with Gasteiger partial charge in [0, 0.05) is 17.9 Å². The van der Waals surface area contributed by atoms with Crippen molar-refractivity contribution in [3.8, 4) is 11.7 Å². The molecule has 0 fully saturated rings. The van der Waals surface area contributed by atoms with Crippen LogP contribution in [-0.2, 0) is 6.42 Å². The van der Waals surface area contributed by atoms with E-state index in [9.17, 15) is 9.18 Å². The third-order valence-corrected chi connectivity index (χ3v) is 4.71. The van der Waals surface area contributed by atoms with Crippen LogP contribution in [0.4, 0.5) is 4.39 Å². The average Bonchev–Trinajstić information content (AvgIpc) is 3.36. The lowest BCUT2D eigenvalue weighted by Crippen LogP contribution is -2.05. The summed E-state index contributed by atoms with van der Waals surface area (Å²) < 4.78 is 20.1. The maximum absolute atomic E-state index is 13.2. The molecule has 0 saturated heterocycles. The first-order valence-corrected chi connectivity index (χ1v) is 8.73. The largest absolute Gasteiger partial charge is 0.496 e. The zero-order valence-corrected chi connectivity index (χ0v) is 15.2. The van der Waals surface area contributed by atoms with Gasteiger partial charge in [0.25, 0.3) is 11.5 Å². The second kappa shape index (κ2) is 6.51. The summed E-state index contributed by atoms with van der Waals surface area (Å²) in [5.41, 5.74) is 2.57. The van der Waals surface area contributed by atoms with Gasteiger partial charge in [0.05, 0.1) is 18.0 Å². The van der Waals surface area contributed by atoms with Crippen LogP contribution in [0.15, 0.2) is 47.3 Å². The van der Waals surface area contributed by atoms with Crippen molar-refractivity contribution in [3.63, 3.8) is 0 Å². The van der Waals surface area contributed by atoms with Crippen LogP contribution in [0.1, 0.15) is 11.1 Å². The number of hydrogen-bond acceptors (Lipinski definition) is 6. The summed E-state index contributed by atoms with van der Waals surface area (Å²) in [7, 11) is 1.58. The number of pyridine rings is 1. The number of fused-ring (bicyclic) bond motifs is 2. The lowest BCUT2D eigenvalue weighted by Gasteiger charge is -2.11. The first kappa shape index (κ1) is 17.0. The Kier molecular flexibility index (Phi) is 3.83. The van der Waals surface area contributed by atoms with Crippen LogP contribution >= 0.6 is 0 Å². The fourth-order valence-corrected chi connectivity index (χ4v) is 3.34. The predicted octanol–water partition coefficient (Wildman–Crippen LogP) is 2.12. The Morgan fingerprint density at radius 2 is 2.00 bits per heavy atom. The van der Waals surface area contributed by atoms with Gasteiger partial charge < -0.3 is 4.74 Å². The van der Waals surface area contributed by atoms with Gasteiger partial charge in [-0.05, 0) is 40.6 Å². The Balaban J connectivity index is 1.67. The van der Waals surface area contributed by atoms with Crippen LogP contribution in [0.5, 0.6) is 5.75 Å². The van der Waals surface area contributed by atoms with E-state index in [1.807, 2.05) is 12.1 Å². The predicted molar refractivity (Wildman–Crippen MR) is 103 cm³/mol. The summed E-state index contributed by atoms with van der Waals surface area (Å²) in [4.78, 5) is 17.0. The highest BCUT2D eigenvalue weighted by molar-refractivity contribution is 5.92. The van der Waals surface area contributed by atoms with E-state index in [1.165, 1.54) is 16.8 Å². The molecule has 2 N–H and O–H groups in total. The van der Waals surface area contributed by atoms with Crippen LogP contribution in [0.25, 0.3) is 27.9 Å². The molecule has 0 amide bonds. The molecule has 0 spiro atoms. The molecular formula is C19H14FN7O2. The number of H-pyrrole nitrogens is 2. The molecule has 29 heavy (non-hydrogen) atoms. The minimum absolute atomic E-state index is 0.184. The van der Waals surface area contributed by atoms with Gasteiger partial charge >= 0.3 is 0 Å². The molecule has 0 aliphatic rings. The van der Waals surface area contributed by atoms with Crippen LogP contribution in [0.2, 0.25) is 0 Å². The molecule has 144 valence electrons. The molecule has 0 unspecified atom stereocenters. The molecule has 0 aliphatic heterocycles. The lowest BCUT2D eigenvalue weighted by atomic mass is 10.0. The van der Waals surface area contributed by atoms with Gasteiger partial charge in [-0.15, -0.1) is 5.10 Å². The number of nitrogens with zero attached hydrogens (tertiary/aromatic N) is 5. The van der Waals surface area contributed by atoms with E-state index in [-0.39, 0.29) is 17.3 Å².